The molecule has 0 radical (unpaired) electrons. The molecule has 5 rings (SSSR count). The molecular weight excluding hydrogens is 394 g/mol. The summed E-state index contributed by atoms with van der Waals surface area (Å²) in [6.45, 7) is 7.58. The van der Waals surface area contributed by atoms with Gasteiger partial charge in [-0.15, -0.1) is 5.48 Å². The highest BCUT2D eigenvalue weighted by molar-refractivity contribution is 5.84. The van der Waals surface area contributed by atoms with E-state index in [9.17, 15) is 4.79 Å². The maximum absolute atomic E-state index is 11.5. The van der Waals surface area contributed by atoms with Crippen LogP contribution in [0, 0.1) is 24.7 Å². The molecule has 9 nitrogen and oxygen atoms in total. The van der Waals surface area contributed by atoms with Crippen LogP contribution < -0.4 is 16.1 Å². The first-order chi connectivity index (χ1) is 15.0. The number of fused-ring (bicyclic) bond motifs is 1. The second-order valence-electron chi connectivity index (χ2n) is 9.71. The number of hydroxylamine groups is 1. The Hall–Kier alpha value is -2.42. The van der Waals surface area contributed by atoms with Gasteiger partial charge in [0.15, 0.2) is 23.5 Å². The first-order valence-electron chi connectivity index (χ1n) is 11.7. The van der Waals surface area contributed by atoms with Gasteiger partial charge in [0.1, 0.15) is 11.3 Å². The van der Waals surface area contributed by atoms with Crippen molar-refractivity contribution in [3.8, 4) is 0 Å². The number of nitrogens with zero attached hydrogens (tertiary/aromatic N) is 4. The molecule has 0 aromatic carbocycles. The lowest BCUT2D eigenvalue weighted by atomic mass is 9.80. The van der Waals surface area contributed by atoms with E-state index in [1.807, 2.05) is 6.92 Å². The molecule has 0 bridgehead atoms. The molecule has 3 heterocycles. The van der Waals surface area contributed by atoms with Crippen molar-refractivity contribution >= 4 is 23.1 Å². The molecule has 168 valence electrons. The van der Waals surface area contributed by atoms with Crippen molar-refractivity contribution in [3.05, 3.63) is 11.6 Å². The third kappa shape index (κ3) is 4.07. The number of rotatable bonds is 6. The zero-order chi connectivity index (χ0) is 21.5. The Morgan fingerprint density at radius 3 is 2.58 bits per heavy atom. The lowest BCUT2D eigenvalue weighted by molar-refractivity contribution is 0.120. The van der Waals surface area contributed by atoms with Gasteiger partial charge in [-0.05, 0) is 57.3 Å². The number of nitrogens with one attached hydrogen (secondary N) is 3. The number of carbonyl (C=O) groups is 1. The van der Waals surface area contributed by atoms with Gasteiger partial charge >= 0.3 is 6.09 Å². The van der Waals surface area contributed by atoms with Crippen LogP contribution in [-0.4, -0.2) is 31.7 Å². The fraction of sp³-hybridized carbons (Fsp3) is 0.727. The number of carbonyl (C=O) groups excluding carboxylic acids is 1. The topological polar surface area (TPSA) is 106 Å². The van der Waals surface area contributed by atoms with Gasteiger partial charge in [-0.3, -0.25) is 5.32 Å². The summed E-state index contributed by atoms with van der Waals surface area (Å²) >= 11 is 0. The highest BCUT2D eigenvalue weighted by Crippen LogP contribution is 2.34. The monoisotopic (exact) mass is 427 g/mol. The number of aryl methyl sites for hydroxylation is 1. The van der Waals surface area contributed by atoms with Crippen LogP contribution in [0.25, 0.3) is 11.2 Å². The number of imidazole rings is 1. The Bertz CT molecular complexity index is 962. The van der Waals surface area contributed by atoms with E-state index in [2.05, 4.69) is 39.5 Å². The molecule has 2 aliphatic carbocycles. The minimum atomic E-state index is -0.582. The second kappa shape index (κ2) is 8.26. The fourth-order valence-electron chi connectivity index (χ4n) is 5.06. The third-order valence-electron chi connectivity index (χ3n) is 7.40. The van der Waals surface area contributed by atoms with E-state index in [1.54, 1.807) is 0 Å². The lowest BCUT2D eigenvalue weighted by Gasteiger charge is -2.32. The van der Waals surface area contributed by atoms with Gasteiger partial charge in [0.25, 0.3) is 0 Å². The second-order valence-corrected chi connectivity index (χ2v) is 9.71. The average Bonchev–Trinajstić information content (AvgIpc) is 3.25. The van der Waals surface area contributed by atoms with E-state index in [0.29, 0.717) is 29.3 Å². The molecule has 2 aromatic heterocycles. The molecule has 2 aromatic rings. The van der Waals surface area contributed by atoms with Crippen LogP contribution in [0.4, 0.5) is 10.6 Å². The van der Waals surface area contributed by atoms with Gasteiger partial charge < -0.3 is 14.7 Å². The Balaban J connectivity index is 1.50. The summed E-state index contributed by atoms with van der Waals surface area (Å²) < 4.78 is 2.30. The van der Waals surface area contributed by atoms with Gasteiger partial charge in [-0.2, -0.15) is 0 Å². The summed E-state index contributed by atoms with van der Waals surface area (Å²) in [6.07, 6.45) is 7.81. The zero-order valence-corrected chi connectivity index (χ0v) is 18.6. The molecule has 3 N–H and O–H groups in total. The van der Waals surface area contributed by atoms with Gasteiger partial charge in [0, 0.05) is 12.6 Å². The third-order valence-corrected chi connectivity index (χ3v) is 7.40. The molecular formula is C22H33N7O2. The van der Waals surface area contributed by atoms with Gasteiger partial charge in [0.2, 0.25) is 0 Å². The number of amides is 1. The van der Waals surface area contributed by atoms with E-state index in [1.165, 1.54) is 44.9 Å². The van der Waals surface area contributed by atoms with Gasteiger partial charge in [-0.1, -0.05) is 26.2 Å². The van der Waals surface area contributed by atoms with Crippen LogP contribution in [0.15, 0.2) is 0 Å². The Morgan fingerprint density at radius 1 is 1.16 bits per heavy atom. The largest absolute Gasteiger partial charge is 0.427 e. The van der Waals surface area contributed by atoms with Crippen molar-refractivity contribution in [1.29, 1.82) is 0 Å². The average molecular weight is 428 g/mol. The minimum absolute atomic E-state index is 0.321. The maximum atomic E-state index is 11.5. The number of hydrogen-bond donors (Lipinski definition) is 3. The predicted octanol–water partition coefficient (Wildman–Crippen LogP) is 3.80. The molecule has 1 aliphatic heterocycles. The van der Waals surface area contributed by atoms with E-state index >= 15 is 0 Å². The highest BCUT2D eigenvalue weighted by atomic mass is 16.7. The quantitative estimate of drug-likeness (QED) is 0.644. The molecule has 2 saturated carbocycles. The molecule has 1 saturated heterocycles. The molecule has 2 atom stereocenters. The van der Waals surface area contributed by atoms with Crippen LogP contribution in [0.1, 0.15) is 76.6 Å². The SMILES string of the molecule is Cc1nc2nc(C3NOC(=O)N3)nc(N[C@H](C)C3CCC3)c2n1CC1CCC(C)CC1. The van der Waals surface area contributed by atoms with Gasteiger partial charge in [0.05, 0.1) is 0 Å². The van der Waals surface area contributed by atoms with E-state index in [-0.39, 0.29) is 0 Å². The van der Waals surface area contributed by atoms with Crippen LogP contribution in [0.2, 0.25) is 0 Å². The van der Waals surface area contributed by atoms with E-state index in [4.69, 9.17) is 14.8 Å². The standard InChI is InChI=1S/C22H33N7O2/c1-12-7-9-15(10-8-12)11-29-14(3)24-19-17(29)18(23-13(2)16-5-4-6-16)25-20(26-19)21-27-22(30)31-28-21/h12-13,15-16,21,28H,4-11H2,1-3H3,(H,27,30)(H,23,25,26)/t12?,13-,15?,21?/m1/s1. The van der Waals surface area contributed by atoms with Crippen LogP contribution in [0.3, 0.4) is 0 Å². The number of hydrogen-bond acceptors (Lipinski definition) is 7. The lowest BCUT2D eigenvalue weighted by Crippen LogP contribution is -2.32. The summed E-state index contributed by atoms with van der Waals surface area (Å²) in [6, 6.07) is 0.321. The molecule has 31 heavy (non-hydrogen) atoms. The van der Waals surface area contributed by atoms with Crippen molar-refractivity contribution in [2.75, 3.05) is 5.32 Å². The zero-order valence-electron chi connectivity index (χ0n) is 18.6. The van der Waals surface area contributed by atoms with Crippen molar-refractivity contribution < 1.29 is 9.63 Å². The summed E-state index contributed by atoms with van der Waals surface area (Å²) in [5.41, 5.74) is 4.29. The number of anilines is 1. The first-order valence-corrected chi connectivity index (χ1v) is 11.7. The van der Waals surface area contributed by atoms with E-state index < -0.39 is 12.3 Å². The fourth-order valence-corrected chi connectivity index (χ4v) is 5.06. The molecule has 3 fully saturated rings. The maximum Gasteiger partial charge on any atom is 0.427 e. The normalized spacial score (nSPS) is 27.6. The Labute approximate surface area is 182 Å². The van der Waals surface area contributed by atoms with Crippen molar-refractivity contribution in [2.24, 2.45) is 17.8 Å². The summed E-state index contributed by atoms with van der Waals surface area (Å²) in [7, 11) is 0. The Morgan fingerprint density at radius 2 is 1.94 bits per heavy atom. The van der Waals surface area contributed by atoms with Crippen LogP contribution in [0.5, 0.6) is 0 Å². The predicted molar refractivity (Wildman–Crippen MR) is 117 cm³/mol. The summed E-state index contributed by atoms with van der Waals surface area (Å²) in [5, 5.41) is 6.36. The first kappa shape index (κ1) is 20.5. The van der Waals surface area contributed by atoms with Crippen molar-refractivity contribution in [3.63, 3.8) is 0 Å². The molecule has 3 aliphatic rings. The molecule has 9 heteroatoms. The van der Waals surface area contributed by atoms with Crippen LogP contribution in [-0.2, 0) is 11.4 Å². The molecule has 0 spiro atoms. The smallest absolute Gasteiger partial charge is 0.365 e. The van der Waals surface area contributed by atoms with Crippen molar-refractivity contribution in [2.45, 2.75) is 84.5 Å². The summed E-state index contributed by atoms with van der Waals surface area (Å²) in [5.74, 6) is 4.37. The van der Waals surface area contributed by atoms with Gasteiger partial charge in [-0.25, -0.2) is 19.7 Å². The molecule has 1 amide bonds. The molecule has 1 unspecified atom stereocenters. The summed E-state index contributed by atoms with van der Waals surface area (Å²) in [4.78, 5) is 30.6. The van der Waals surface area contributed by atoms with E-state index in [0.717, 1.165) is 29.6 Å². The highest BCUT2D eigenvalue weighted by Gasteiger charge is 2.30. The Kier molecular flexibility index (Phi) is 5.45. The minimum Gasteiger partial charge on any atom is -0.365 e. The van der Waals surface area contributed by atoms with Crippen molar-refractivity contribution in [1.82, 2.24) is 30.3 Å². The number of aromatic nitrogens is 4. The van der Waals surface area contributed by atoms with Crippen LogP contribution >= 0.6 is 0 Å².